The van der Waals surface area contributed by atoms with Crippen LogP contribution in [0.3, 0.4) is 0 Å². The highest BCUT2D eigenvalue weighted by atomic mass is 32.2. The number of aromatic nitrogens is 2. The van der Waals surface area contributed by atoms with Crippen LogP contribution in [0.15, 0.2) is 17.6 Å². The van der Waals surface area contributed by atoms with E-state index in [1.807, 2.05) is 6.26 Å². The van der Waals surface area contributed by atoms with Crippen LogP contribution in [0.2, 0.25) is 0 Å². The number of rotatable bonds is 3. The quantitative estimate of drug-likeness (QED) is 0.344. The van der Waals surface area contributed by atoms with Crippen molar-refractivity contribution in [3.8, 4) is 0 Å². The zero-order valence-corrected chi connectivity index (χ0v) is 8.75. The lowest BCUT2D eigenvalue weighted by atomic mass is 10.3. The lowest BCUT2D eigenvalue weighted by Gasteiger charge is -2.06. The average Bonchev–Trinajstić information content (AvgIpc) is 2.17. The van der Waals surface area contributed by atoms with Gasteiger partial charge >= 0.3 is 5.97 Å². The van der Waals surface area contributed by atoms with Gasteiger partial charge in [0, 0.05) is 12.4 Å². The Kier molecular flexibility index (Phi) is 3.84. The smallest absolute Gasteiger partial charge is 0.342 e. The summed E-state index contributed by atoms with van der Waals surface area (Å²) in [5.41, 5.74) is 5.60. The molecule has 0 radical (unpaired) electrons. The van der Waals surface area contributed by atoms with Crippen LogP contribution >= 0.6 is 11.8 Å². The Morgan fingerprint density at radius 3 is 2.57 bits per heavy atom. The van der Waals surface area contributed by atoms with Crippen molar-refractivity contribution in [1.82, 2.24) is 9.97 Å². The molecule has 0 aliphatic carbocycles. The molecule has 76 valence electrons. The summed E-state index contributed by atoms with van der Waals surface area (Å²) in [6.07, 6.45) is 4.07. The first-order chi connectivity index (χ1) is 6.63. The van der Waals surface area contributed by atoms with E-state index in [1.165, 1.54) is 24.2 Å². The van der Waals surface area contributed by atoms with Crippen molar-refractivity contribution in [3.05, 3.63) is 18.0 Å². The van der Waals surface area contributed by atoms with Gasteiger partial charge in [-0.1, -0.05) is 11.8 Å². The second kappa shape index (κ2) is 4.92. The molecular weight excluding hydrogens is 202 g/mol. The fourth-order valence-electron chi connectivity index (χ4n) is 0.764. The fraction of sp³-hybridized carbons (Fsp3) is 0.375. The highest BCUT2D eigenvalue weighted by molar-refractivity contribution is 7.98. The molecule has 0 amide bonds. The van der Waals surface area contributed by atoms with Crippen LogP contribution in [0, 0.1) is 0 Å². The minimum atomic E-state index is -0.622. The molecule has 0 aliphatic rings. The maximum absolute atomic E-state index is 11.3. The number of carbonyl (C=O) groups excluding carboxylic acids is 1. The number of ether oxygens (including phenoxy) is 1. The summed E-state index contributed by atoms with van der Waals surface area (Å²) in [6, 6.07) is 0. The number of hydrogen-bond donors (Lipinski definition) is 1. The van der Waals surface area contributed by atoms with E-state index in [0.29, 0.717) is 10.7 Å². The van der Waals surface area contributed by atoms with E-state index >= 15 is 0 Å². The van der Waals surface area contributed by atoms with Gasteiger partial charge < -0.3 is 4.74 Å². The Hall–Kier alpha value is -1.14. The molecule has 6 heteroatoms. The third-order valence-electron chi connectivity index (χ3n) is 1.34. The Labute approximate surface area is 86.1 Å². The van der Waals surface area contributed by atoms with Crippen molar-refractivity contribution >= 4 is 17.7 Å². The van der Waals surface area contributed by atoms with Gasteiger partial charge in [0.15, 0.2) is 5.16 Å². The molecule has 0 bridgehead atoms. The molecule has 5 nitrogen and oxygen atoms in total. The van der Waals surface area contributed by atoms with Gasteiger partial charge in [-0.25, -0.2) is 14.8 Å². The molecule has 0 saturated heterocycles. The maximum Gasteiger partial charge on any atom is 0.342 e. The van der Waals surface area contributed by atoms with Crippen LogP contribution in [0.25, 0.3) is 0 Å². The Balaban J connectivity index is 2.71. The van der Waals surface area contributed by atoms with Crippen molar-refractivity contribution in [2.75, 3.05) is 6.26 Å². The van der Waals surface area contributed by atoms with Crippen molar-refractivity contribution in [2.24, 2.45) is 5.73 Å². The van der Waals surface area contributed by atoms with E-state index in [4.69, 9.17) is 10.5 Å². The summed E-state index contributed by atoms with van der Waals surface area (Å²) in [4.78, 5) is 19.1. The number of thioether (sulfide) groups is 1. The molecule has 1 aromatic rings. The molecule has 2 N–H and O–H groups in total. The summed E-state index contributed by atoms with van der Waals surface area (Å²) < 4.78 is 4.76. The molecule has 0 saturated carbocycles. The van der Waals surface area contributed by atoms with E-state index in [2.05, 4.69) is 9.97 Å². The van der Waals surface area contributed by atoms with Crippen molar-refractivity contribution in [1.29, 1.82) is 0 Å². The minimum absolute atomic E-state index is 0.306. The SMILES string of the molecule is CSc1ncc(C(=O)OC(C)N)cn1. The molecule has 1 unspecified atom stereocenters. The fourth-order valence-corrected chi connectivity index (χ4v) is 1.08. The molecule has 1 heterocycles. The summed E-state index contributed by atoms with van der Waals surface area (Å²) in [5.74, 6) is -0.507. The van der Waals surface area contributed by atoms with Gasteiger partial charge in [0.2, 0.25) is 0 Å². The largest absolute Gasteiger partial charge is 0.443 e. The number of nitrogens with zero attached hydrogens (tertiary/aromatic N) is 2. The maximum atomic E-state index is 11.3. The molecule has 0 aromatic carbocycles. The van der Waals surface area contributed by atoms with Gasteiger partial charge in [-0.3, -0.25) is 5.73 Å². The van der Waals surface area contributed by atoms with E-state index < -0.39 is 12.2 Å². The highest BCUT2D eigenvalue weighted by Crippen LogP contribution is 2.07. The predicted molar refractivity (Wildman–Crippen MR) is 52.9 cm³/mol. The van der Waals surface area contributed by atoms with Gasteiger partial charge in [0.25, 0.3) is 0 Å². The lowest BCUT2D eigenvalue weighted by molar-refractivity contribution is 0.0354. The summed E-state index contributed by atoms with van der Waals surface area (Å²) in [5, 5.41) is 0.613. The van der Waals surface area contributed by atoms with Crippen molar-refractivity contribution in [2.45, 2.75) is 18.3 Å². The minimum Gasteiger partial charge on any atom is -0.443 e. The van der Waals surface area contributed by atoms with Gasteiger partial charge in [0.05, 0.1) is 5.56 Å². The van der Waals surface area contributed by atoms with Crippen LogP contribution in [-0.2, 0) is 4.74 Å². The molecular formula is C8H11N3O2S. The van der Waals surface area contributed by atoms with Gasteiger partial charge in [0.1, 0.15) is 6.23 Å². The molecule has 0 fully saturated rings. The van der Waals surface area contributed by atoms with E-state index in [1.54, 1.807) is 6.92 Å². The van der Waals surface area contributed by atoms with Crippen LogP contribution in [0.4, 0.5) is 0 Å². The van der Waals surface area contributed by atoms with Crippen molar-refractivity contribution < 1.29 is 9.53 Å². The molecule has 0 aliphatic heterocycles. The second-order valence-corrected chi connectivity index (χ2v) is 3.34. The first kappa shape index (κ1) is 10.9. The van der Waals surface area contributed by atoms with Crippen LogP contribution in [0.5, 0.6) is 0 Å². The Bertz CT molecular complexity index is 313. The lowest BCUT2D eigenvalue weighted by Crippen LogP contribution is -2.23. The second-order valence-electron chi connectivity index (χ2n) is 2.57. The monoisotopic (exact) mass is 213 g/mol. The van der Waals surface area contributed by atoms with Gasteiger partial charge in [-0.15, -0.1) is 0 Å². The van der Waals surface area contributed by atoms with E-state index in [-0.39, 0.29) is 0 Å². The summed E-state index contributed by atoms with van der Waals surface area (Å²) in [6.45, 7) is 1.58. The van der Waals surface area contributed by atoms with Crippen LogP contribution in [-0.4, -0.2) is 28.4 Å². The third kappa shape index (κ3) is 2.97. The molecule has 1 aromatic heterocycles. The van der Waals surface area contributed by atoms with Gasteiger partial charge in [-0.05, 0) is 13.2 Å². The third-order valence-corrected chi connectivity index (χ3v) is 1.92. The number of carbonyl (C=O) groups is 1. The normalized spacial score (nSPS) is 12.2. The molecule has 1 rings (SSSR count). The summed E-state index contributed by atoms with van der Waals surface area (Å²) in [7, 11) is 0. The molecule has 0 spiro atoms. The first-order valence-electron chi connectivity index (χ1n) is 3.96. The zero-order chi connectivity index (χ0) is 10.6. The Morgan fingerprint density at radius 2 is 2.14 bits per heavy atom. The zero-order valence-electron chi connectivity index (χ0n) is 7.93. The number of hydrogen-bond acceptors (Lipinski definition) is 6. The van der Waals surface area contributed by atoms with Crippen LogP contribution < -0.4 is 5.73 Å². The topological polar surface area (TPSA) is 78.1 Å². The van der Waals surface area contributed by atoms with Gasteiger partial charge in [-0.2, -0.15) is 0 Å². The molecule has 14 heavy (non-hydrogen) atoms. The Morgan fingerprint density at radius 1 is 1.57 bits per heavy atom. The predicted octanol–water partition coefficient (Wildman–Crippen LogP) is 0.660. The molecule has 1 atom stereocenters. The van der Waals surface area contributed by atoms with Crippen LogP contribution in [0.1, 0.15) is 17.3 Å². The highest BCUT2D eigenvalue weighted by Gasteiger charge is 2.09. The number of nitrogens with two attached hydrogens (primary N) is 1. The first-order valence-corrected chi connectivity index (χ1v) is 5.18. The summed E-state index contributed by atoms with van der Waals surface area (Å²) >= 11 is 1.40. The number of esters is 1. The van der Waals surface area contributed by atoms with E-state index in [0.717, 1.165) is 0 Å². The van der Waals surface area contributed by atoms with E-state index in [9.17, 15) is 4.79 Å². The average molecular weight is 213 g/mol. The standard InChI is InChI=1S/C8H11N3O2S/c1-5(9)13-7(12)6-3-10-8(14-2)11-4-6/h3-5H,9H2,1-2H3. The van der Waals surface area contributed by atoms with Crippen molar-refractivity contribution in [3.63, 3.8) is 0 Å².